The Morgan fingerprint density at radius 1 is 0.703 bits per heavy atom. The zero-order chi connectivity index (χ0) is 83.5. The third kappa shape index (κ3) is 31.3. The van der Waals surface area contributed by atoms with E-state index in [1.54, 1.807) is 94.8 Å². The summed E-state index contributed by atoms with van der Waals surface area (Å²) in [6, 6.07) is 10.7. The van der Waals surface area contributed by atoms with Crippen molar-refractivity contribution in [2.24, 2.45) is 47.2 Å². The number of primary amides is 1. The number of likely N-dealkylation sites (N-methyl/N-ethyl adjacent to an activating group) is 2. The highest BCUT2D eigenvalue weighted by Gasteiger charge is 2.44. The van der Waals surface area contributed by atoms with Crippen LogP contribution in [0.15, 0.2) is 76.6 Å². The number of carboxylic acid groups (broad SMARTS) is 2. The summed E-state index contributed by atoms with van der Waals surface area (Å²) in [5.74, 6) is -11.8. The average molecular weight is 1600 g/mol. The first kappa shape index (κ1) is 96.3. The van der Waals surface area contributed by atoms with Gasteiger partial charge in [0.05, 0.1) is 70.7 Å². The van der Waals surface area contributed by atoms with E-state index in [-0.39, 0.29) is 117 Å². The number of ketones is 2. The maximum atomic E-state index is 14.9. The van der Waals surface area contributed by atoms with Gasteiger partial charge in [0.15, 0.2) is 11.6 Å². The van der Waals surface area contributed by atoms with Crippen LogP contribution in [0.25, 0.3) is 0 Å². The molecule has 3 rings (SSSR count). The van der Waals surface area contributed by atoms with Gasteiger partial charge < -0.3 is 86.8 Å². The smallest absolute Gasteiger partial charge is 0.410 e. The number of nitrogens with two attached hydrogens (primary N) is 1. The molecule has 111 heavy (non-hydrogen) atoms. The molecule has 1 saturated heterocycles. The number of anilines is 1. The molecule has 1 aliphatic rings. The molecule has 11 amide bonds. The number of thioether (sulfide) groups is 2. The van der Waals surface area contributed by atoms with Gasteiger partial charge in [0, 0.05) is 123 Å². The molecule has 0 aromatic heterocycles. The van der Waals surface area contributed by atoms with Crippen LogP contribution in [0, 0.1) is 41.4 Å². The fraction of sp³-hybridized carbons (Fsp3) is 0.615. The average Bonchev–Trinajstić information content (AvgIpc) is 1.08. The van der Waals surface area contributed by atoms with Gasteiger partial charge >= 0.3 is 24.1 Å². The van der Waals surface area contributed by atoms with Crippen LogP contribution < -0.4 is 37.6 Å². The van der Waals surface area contributed by atoms with E-state index in [2.05, 4.69) is 31.9 Å². The number of urea groups is 1. The lowest BCUT2D eigenvalue weighted by atomic mass is 9.83. The van der Waals surface area contributed by atoms with Gasteiger partial charge in [-0.05, 0) is 92.0 Å². The number of ether oxygens (including phenoxy) is 3. The van der Waals surface area contributed by atoms with Crippen LogP contribution in [-0.2, 0) is 78.4 Å². The number of aliphatic hydroxyl groups excluding tert-OH is 1. The molecule has 2 aromatic rings. The van der Waals surface area contributed by atoms with E-state index >= 15 is 0 Å². The number of rotatable bonds is 49. The van der Waals surface area contributed by atoms with Crippen molar-refractivity contribution in [1.82, 2.24) is 46.2 Å². The number of benzene rings is 2. The molecule has 0 aliphatic carbocycles. The lowest BCUT2D eigenvalue weighted by Gasteiger charge is -2.41. The number of amides is 11. The second kappa shape index (κ2) is 48.8. The van der Waals surface area contributed by atoms with Gasteiger partial charge in [0.25, 0.3) is 5.91 Å². The summed E-state index contributed by atoms with van der Waals surface area (Å²) in [7, 11) is 6.11. The van der Waals surface area contributed by atoms with Gasteiger partial charge in [-0.1, -0.05) is 111 Å². The van der Waals surface area contributed by atoms with Crippen molar-refractivity contribution in [1.29, 1.82) is 0 Å². The van der Waals surface area contributed by atoms with Crippen molar-refractivity contribution < 1.29 is 96.7 Å². The summed E-state index contributed by atoms with van der Waals surface area (Å²) in [5, 5.41) is 45.4. The molecule has 12 atom stereocenters. The van der Waals surface area contributed by atoms with Crippen LogP contribution in [0.3, 0.4) is 0 Å². The minimum Gasteiger partial charge on any atom is -0.478 e. The van der Waals surface area contributed by atoms with Gasteiger partial charge in [-0.25, -0.2) is 19.2 Å². The molecule has 1 aliphatic heterocycles. The maximum absolute atomic E-state index is 14.9. The lowest BCUT2D eigenvalue weighted by molar-refractivity contribution is -0.149. The number of hydrogen-bond donors (Lipinski definition) is 10. The Morgan fingerprint density at radius 3 is 1.88 bits per heavy atom. The molecule has 0 saturated carbocycles. The molecule has 0 bridgehead atoms. The SMILES string of the molecule is CC[C@H](C)[C@@H]([C@@H](CC(=O)N1CCC[C@H]1[C@H](OC)[C@@H](C)C(=O)N[C@H](C)[C@@H](O)c1ccccc1)OC)N(C)C(=O)[C@@H](CC(=O)[C@H](C(C)C)N(C)C(=O)OCc1ccc(NC(=O)[C@H](CCCNC(N)=O)CC(=O)[C@@H](NC(=O)CCC(=O)N(CCNC(=O)/C=C(/SC)C(=O)O)CCNC(=O)/C(=C\C(=O)O)SC)C(C)C)cc1)C(C)C. The molecular formula is C78H119N11O20S2. The van der Waals surface area contributed by atoms with E-state index in [1.807, 2.05) is 45.9 Å². The number of Topliss-reactive ketones (excluding diaryl/α,β-unsaturated/α-hetero) is 2. The van der Waals surface area contributed by atoms with E-state index in [1.165, 1.54) is 43.6 Å². The van der Waals surface area contributed by atoms with Gasteiger partial charge in [0.1, 0.15) is 6.61 Å². The van der Waals surface area contributed by atoms with Gasteiger partial charge in [-0.2, -0.15) is 0 Å². The molecule has 0 radical (unpaired) electrons. The van der Waals surface area contributed by atoms with Gasteiger partial charge in [-0.3, -0.25) is 47.9 Å². The molecule has 618 valence electrons. The first-order valence-electron chi connectivity index (χ1n) is 37.5. The maximum Gasteiger partial charge on any atom is 0.410 e. The summed E-state index contributed by atoms with van der Waals surface area (Å²) in [6.07, 6.45) is 2.00. The van der Waals surface area contributed by atoms with Crippen LogP contribution in [0.2, 0.25) is 0 Å². The highest BCUT2D eigenvalue weighted by Crippen LogP contribution is 2.32. The molecule has 1 heterocycles. The number of carbonyl (C=O) groups is 14. The van der Waals surface area contributed by atoms with Crippen molar-refractivity contribution in [3.8, 4) is 0 Å². The number of likely N-dealkylation sites (tertiary alicyclic amines) is 1. The Kier molecular flexibility index (Phi) is 42.3. The molecule has 33 heteroatoms. The largest absolute Gasteiger partial charge is 0.478 e. The Hall–Kier alpha value is -8.92. The topological polar surface area (TPSA) is 439 Å². The van der Waals surface area contributed by atoms with Gasteiger partial charge in [-0.15, -0.1) is 23.5 Å². The van der Waals surface area contributed by atoms with Crippen LogP contribution in [0.5, 0.6) is 0 Å². The van der Waals surface area contributed by atoms with Crippen molar-refractivity contribution >= 4 is 112 Å². The van der Waals surface area contributed by atoms with Crippen molar-refractivity contribution in [2.75, 3.05) is 85.4 Å². The number of nitrogens with one attached hydrogen (secondary N) is 6. The zero-order valence-electron chi connectivity index (χ0n) is 67.0. The Morgan fingerprint density at radius 2 is 1.33 bits per heavy atom. The van der Waals surface area contributed by atoms with Crippen LogP contribution in [-0.4, -0.2) is 240 Å². The van der Waals surface area contributed by atoms with Crippen molar-refractivity contribution in [3.05, 3.63) is 87.7 Å². The third-order valence-electron chi connectivity index (χ3n) is 19.9. The lowest BCUT2D eigenvalue weighted by Crippen LogP contribution is -2.55. The minimum absolute atomic E-state index is 0.0721. The fourth-order valence-electron chi connectivity index (χ4n) is 13.5. The van der Waals surface area contributed by atoms with E-state index in [0.29, 0.717) is 42.6 Å². The molecule has 2 aromatic carbocycles. The fourth-order valence-corrected chi connectivity index (χ4v) is 14.4. The highest BCUT2D eigenvalue weighted by molar-refractivity contribution is 8.03. The van der Waals surface area contributed by atoms with E-state index in [0.717, 1.165) is 35.7 Å². The predicted molar refractivity (Wildman–Crippen MR) is 422 cm³/mol. The summed E-state index contributed by atoms with van der Waals surface area (Å²) in [4.78, 5) is 192. The van der Waals surface area contributed by atoms with Crippen molar-refractivity contribution in [3.63, 3.8) is 0 Å². The molecule has 11 N–H and O–H groups in total. The first-order chi connectivity index (χ1) is 52.4. The quantitative estimate of drug-likeness (QED) is 0.0257. The van der Waals surface area contributed by atoms with Gasteiger partial charge in [0.2, 0.25) is 41.4 Å². The summed E-state index contributed by atoms with van der Waals surface area (Å²) < 4.78 is 17.8. The monoisotopic (exact) mass is 1590 g/mol. The minimum atomic E-state index is -1.35. The molecule has 0 unspecified atom stereocenters. The summed E-state index contributed by atoms with van der Waals surface area (Å²) >= 11 is 1.72. The summed E-state index contributed by atoms with van der Waals surface area (Å²) in [5.41, 5.74) is 6.75. The van der Waals surface area contributed by atoms with Crippen LogP contribution in [0.1, 0.15) is 151 Å². The standard InChI is InChI=1S/C78H119N11O20S2/c1-17-48(8)69(59(107-13)41-65(95)89-36-22-26-56(89)71(108-14)49(9)72(99)83-50(10)70(98)52-23-19-18-20-24-52)86(11)75(102)55(45(2)3)40-58(91)68(47(6)7)87(12)78(106)109-44-51-27-29-54(30-28-51)84-73(100)53(25-21-33-82-77(79)105)39-57(90)67(46(4)5)85-62(92)31-32-64(94)88(37-34-80-63(93)42-61(111-16)76(103)104)38-35-81-74(101)60(110-15)43-66(96)97/h18-20,23-24,27-30,42-43,45-50,53,55-56,59,67-71,98H,17,21-22,25-26,31-41,44H2,1-16H3,(H,80,93)(H,81,101)(H,83,99)(H,84,100)(H,85,92)(H,96,97)(H,103,104)(H3,79,82,105)/b60-43+,61-42+/t48-,49+,50+,53+,55-,56-,59+,67-,68-,69-,70+,71+/m0/s1. The molecular weight excluding hydrogens is 1480 g/mol. The Labute approximate surface area is 660 Å². The number of nitrogens with zero attached hydrogens (tertiary/aromatic N) is 4. The number of aliphatic hydroxyl groups is 1. The number of aliphatic carboxylic acids is 2. The zero-order valence-corrected chi connectivity index (χ0v) is 68.6. The normalized spacial score (nSPS) is 16.1. The van der Waals surface area contributed by atoms with Crippen molar-refractivity contribution in [2.45, 2.75) is 189 Å². The predicted octanol–water partition coefficient (Wildman–Crippen LogP) is 6.28. The van der Waals surface area contributed by atoms with E-state index in [9.17, 15) is 77.3 Å². The number of carbonyl (C=O) groups excluding carboxylic acids is 12. The number of hydrogen-bond acceptors (Lipinski definition) is 20. The number of methoxy groups -OCH3 is 2. The first-order valence-corrected chi connectivity index (χ1v) is 40.0. The van der Waals surface area contributed by atoms with Crippen LogP contribution >= 0.6 is 23.5 Å². The molecule has 1 fully saturated rings. The Balaban J connectivity index is 1.72. The van der Waals surface area contributed by atoms with E-state index in [4.69, 9.17) is 25.1 Å². The third-order valence-corrected chi connectivity index (χ3v) is 21.3. The second-order valence-corrected chi connectivity index (χ2v) is 30.6. The van der Waals surface area contributed by atoms with Crippen LogP contribution in [0.4, 0.5) is 15.3 Å². The molecule has 31 nitrogen and oxygen atoms in total. The summed E-state index contributed by atoms with van der Waals surface area (Å²) in [6.45, 7) is 17.6. The number of carboxylic acids is 2. The Bertz CT molecular complexity index is 3530. The highest BCUT2D eigenvalue weighted by atomic mass is 32.2. The van der Waals surface area contributed by atoms with E-state index < -0.39 is 150 Å². The molecule has 0 spiro atoms. The second-order valence-electron chi connectivity index (χ2n) is 28.9.